The molecule has 1 saturated carbocycles. The molecule has 2 aromatic carbocycles. The highest BCUT2D eigenvalue weighted by Crippen LogP contribution is 2.35. The molecular weight excluding hydrogens is 256 g/mol. The smallest absolute Gasteiger partial charge is 0.0991 e. The van der Waals surface area contributed by atoms with Crippen LogP contribution in [0.5, 0.6) is 0 Å². The summed E-state index contributed by atoms with van der Waals surface area (Å²) in [6, 6.07) is 18.8. The van der Waals surface area contributed by atoms with E-state index in [4.69, 9.17) is 5.26 Å². The molecule has 1 aliphatic carbocycles. The average molecular weight is 276 g/mol. The molecule has 0 atom stereocenters. The number of rotatable bonds is 3. The first-order chi connectivity index (χ1) is 10.3. The first kappa shape index (κ1) is 13.7. The van der Waals surface area contributed by atoms with Gasteiger partial charge in [0.15, 0.2) is 0 Å². The second kappa shape index (κ2) is 6.01. The van der Waals surface area contributed by atoms with Crippen LogP contribution < -0.4 is 4.90 Å². The number of nitrogens with zero attached hydrogens (tertiary/aromatic N) is 2. The zero-order valence-corrected chi connectivity index (χ0v) is 12.4. The molecule has 2 aromatic rings. The lowest BCUT2D eigenvalue weighted by atomic mass is 9.97. The highest BCUT2D eigenvalue weighted by molar-refractivity contribution is 5.63. The molecule has 3 rings (SSSR count). The number of hydrogen-bond donors (Lipinski definition) is 0. The molecule has 21 heavy (non-hydrogen) atoms. The Hall–Kier alpha value is -2.27. The SMILES string of the molecule is CN(c1ccc(C#N)cc1)c1ccc(C2CCCC2)cc1. The topological polar surface area (TPSA) is 27.0 Å². The Kier molecular flexibility index (Phi) is 3.92. The van der Waals surface area contributed by atoms with Crippen LogP contribution >= 0.6 is 0 Å². The molecule has 2 heteroatoms. The third kappa shape index (κ3) is 2.92. The molecule has 106 valence electrons. The van der Waals surface area contributed by atoms with Gasteiger partial charge in [0.05, 0.1) is 11.6 Å². The van der Waals surface area contributed by atoms with Crippen LogP contribution in [-0.4, -0.2) is 7.05 Å². The molecule has 1 fully saturated rings. The van der Waals surface area contributed by atoms with E-state index in [2.05, 4.69) is 42.3 Å². The predicted octanol–water partition coefficient (Wildman–Crippen LogP) is 4.98. The standard InChI is InChI=1S/C19H20N2/c1-21(18-10-6-15(14-20)7-11-18)19-12-8-17(9-13-19)16-4-2-3-5-16/h6-13,16H,2-5H2,1H3. The lowest BCUT2D eigenvalue weighted by Crippen LogP contribution is -2.09. The van der Waals surface area contributed by atoms with E-state index in [1.54, 1.807) is 0 Å². The summed E-state index contributed by atoms with van der Waals surface area (Å²) < 4.78 is 0. The molecule has 0 amide bonds. The second-order valence-electron chi connectivity index (χ2n) is 5.79. The Bertz CT molecular complexity index is 629. The van der Waals surface area contributed by atoms with E-state index in [0.29, 0.717) is 5.56 Å². The van der Waals surface area contributed by atoms with Crippen molar-refractivity contribution in [2.75, 3.05) is 11.9 Å². The minimum absolute atomic E-state index is 0.698. The highest BCUT2D eigenvalue weighted by atomic mass is 15.1. The maximum Gasteiger partial charge on any atom is 0.0991 e. The first-order valence-corrected chi connectivity index (χ1v) is 7.62. The van der Waals surface area contributed by atoms with Crippen molar-refractivity contribution in [1.29, 1.82) is 5.26 Å². The van der Waals surface area contributed by atoms with Gasteiger partial charge in [0.2, 0.25) is 0 Å². The van der Waals surface area contributed by atoms with Crippen molar-refractivity contribution >= 4 is 11.4 Å². The summed E-state index contributed by atoms with van der Waals surface area (Å²) >= 11 is 0. The Balaban J connectivity index is 1.77. The normalized spacial score (nSPS) is 14.9. The molecule has 0 spiro atoms. The van der Waals surface area contributed by atoms with Crippen molar-refractivity contribution in [2.45, 2.75) is 31.6 Å². The minimum atomic E-state index is 0.698. The predicted molar refractivity (Wildman–Crippen MR) is 86.9 cm³/mol. The minimum Gasteiger partial charge on any atom is -0.345 e. The van der Waals surface area contributed by atoms with Crippen LogP contribution in [0.4, 0.5) is 11.4 Å². The quantitative estimate of drug-likeness (QED) is 0.790. The van der Waals surface area contributed by atoms with E-state index >= 15 is 0 Å². The van der Waals surface area contributed by atoms with Crippen LogP contribution in [0.15, 0.2) is 48.5 Å². The van der Waals surface area contributed by atoms with Crippen molar-refractivity contribution in [1.82, 2.24) is 0 Å². The molecule has 0 N–H and O–H groups in total. The molecule has 0 saturated heterocycles. The highest BCUT2D eigenvalue weighted by Gasteiger charge is 2.16. The fourth-order valence-electron chi connectivity index (χ4n) is 3.14. The average Bonchev–Trinajstić information content (AvgIpc) is 3.09. The summed E-state index contributed by atoms with van der Waals surface area (Å²) in [6.45, 7) is 0. The molecule has 0 aromatic heterocycles. The molecule has 0 radical (unpaired) electrons. The van der Waals surface area contributed by atoms with E-state index in [9.17, 15) is 0 Å². The summed E-state index contributed by atoms with van der Waals surface area (Å²) in [7, 11) is 2.06. The zero-order chi connectivity index (χ0) is 14.7. The number of hydrogen-bond acceptors (Lipinski definition) is 2. The van der Waals surface area contributed by atoms with Gasteiger partial charge in [0.1, 0.15) is 0 Å². The van der Waals surface area contributed by atoms with E-state index in [1.807, 2.05) is 24.3 Å². The lowest BCUT2D eigenvalue weighted by molar-refractivity contribution is 0.723. The van der Waals surface area contributed by atoms with E-state index < -0.39 is 0 Å². The van der Waals surface area contributed by atoms with Crippen LogP contribution in [-0.2, 0) is 0 Å². The van der Waals surface area contributed by atoms with E-state index in [1.165, 1.54) is 36.9 Å². The fourth-order valence-corrected chi connectivity index (χ4v) is 3.14. The molecule has 2 nitrogen and oxygen atoms in total. The van der Waals surface area contributed by atoms with Crippen molar-refractivity contribution in [3.8, 4) is 6.07 Å². The van der Waals surface area contributed by atoms with Gasteiger partial charge in [0, 0.05) is 18.4 Å². The van der Waals surface area contributed by atoms with Crippen LogP contribution in [0.25, 0.3) is 0 Å². The summed E-state index contributed by atoms with van der Waals surface area (Å²) in [5, 5.41) is 8.85. The van der Waals surface area contributed by atoms with Gasteiger partial charge in [-0.05, 0) is 60.7 Å². The van der Waals surface area contributed by atoms with Gasteiger partial charge in [-0.3, -0.25) is 0 Å². The van der Waals surface area contributed by atoms with Gasteiger partial charge in [-0.15, -0.1) is 0 Å². The second-order valence-corrected chi connectivity index (χ2v) is 5.79. The van der Waals surface area contributed by atoms with Gasteiger partial charge in [-0.1, -0.05) is 25.0 Å². The molecular formula is C19H20N2. The van der Waals surface area contributed by atoms with Crippen molar-refractivity contribution in [3.63, 3.8) is 0 Å². The fraction of sp³-hybridized carbons (Fsp3) is 0.316. The number of nitriles is 1. The van der Waals surface area contributed by atoms with E-state index in [-0.39, 0.29) is 0 Å². The summed E-state index contributed by atoms with van der Waals surface area (Å²) in [6.07, 6.45) is 5.42. The molecule has 0 heterocycles. The van der Waals surface area contributed by atoms with Gasteiger partial charge in [-0.2, -0.15) is 5.26 Å². The summed E-state index contributed by atoms with van der Waals surface area (Å²) in [5.41, 5.74) is 4.46. The Morgan fingerprint density at radius 3 is 1.95 bits per heavy atom. The third-order valence-corrected chi connectivity index (χ3v) is 4.49. The number of anilines is 2. The van der Waals surface area contributed by atoms with Gasteiger partial charge in [0.25, 0.3) is 0 Å². The largest absolute Gasteiger partial charge is 0.345 e. The summed E-state index contributed by atoms with van der Waals surface area (Å²) in [5.74, 6) is 0.763. The van der Waals surface area contributed by atoms with Gasteiger partial charge >= 0.3 is 0 Å². The van der Waals surface area contributed by atoms with E-state index in [0.717, 1.165) is 11.6 Å². The Morgan fingerprint density at radius 1 is 0.905 bits per heavy atom. The first-order valence-electron chi connectivity index (χ1n) is 7.62. The third-order valence-electron chi connectivity index (χ3n) is 4.49. The van der Waals surface area contributed by atoms with Gasteiger partial charge < -0.3 is 4.90 Å². The Morgan fingerprint density at radius 2 is 1.43 bits per heavy atom. The molecule has 0 unspecified atom stereocenters. The zero-order valence-electron chi connectivity index (χ0n) is 12.4. The Labute approximate surface area is 126 Å². The van der Waals surface area contributed by atoms with Crippen LogP contribution in [0.3, 0.4) is 0 Å². The maximum absolute atomic E-state index is 8.85. The number of benzene rings is 2. The van der Waals surface area contributed by atoms with Crippen molar-refractivity contribution < 1.29 is 0 Å². The molecule has 0 aliphatic heterocycles. The van der Waals surface area contributed by atoms with Gasteiger partial charge in [-0.25, -0.2) is 0 Å². The molecule has 0 bridgehead atoms. The lowest BCUT2D eigenvalue weighted by Gasteiger charge is -2.20. The van der Waals surface area contributed by atoms with Crippen LogP contribution in [0.1, 0.15) is 42.7 Å². The van der Waals surface area contributed by atoms with Crippen molar-refractivity contribution in [2.24, 2.45) is 0 Å². The molecule has 1 aliphatic rings. The summed E-state index contributed by atoms with van der Waals surface area (Å²) in [4.78, 5) is 2.15. The van der Waals surface area contributed by atoms with Crippen LogP contribution in [0.2, 0.25) is 0 Å². The van der Waals surface area contributed by atoms with Crippen LogP contribution in [0, 0.1) is 11.3 Å². The van der Waals surface area contributed by atoms with Crippen molar-refractivity contribution in [3.05, 3.63) is 59.7 Å². The monoisotopic (exact) mass is 276 g/mol. The maximum atomic E-state index is 8.85.